The van der Waals surface area contributed by atoms with Gasteiger partial charge in [-0.25, -0.2) is 0 Å². The molecule has 0 radical (unpaired) electrons. The second-order valence-electron chi connectivity index (χ2n) is 9.74. The van der Waals surface area contributed by atoms with Crippen molar-refractivity contribution in [3.8, 4) is 11.3 Å². The molecular formula is C29H39N5O3. The number of fused-ring (bicyclic) bond motifs is 1. The highest BCUT2D eigenvalue weighted by molar-refractivity contribution is 5.96. The largest absolute Gasteiger partial charge is 0.355 e. The van der Waals surface area contributed by atoms with Crippen molar-refractivity contribution in [2.75, 3.05) is 26.2 Å². The lowest BCUT2D eigenvalue weighted by atomic mass is 10.1. The first-order chi connectivity index (χ1) is 17.9. The standard InChI is InChI=1S/C29H39N5O3/c1-4-27(36)34(19-21(2)3)20-26(35)30-17-9-5-6-10-18-31-29(37)23-15-13-22(14-16-23)28-24-11-7-8-12-25(24)32-33-28/h7-8,11-16,21H,4-6,9-10,17-20H2,1-3H3,(H,30,35)(H,31,37)(H,32,33). The van der Waals surface area contributed by atoms with Gasteiger partial charge >= 0.3 is 0 Å². The molecule has 0 spiro atoms. The number of aromatic nitrogens is 2. The van der Waals surface area contributed by atoms with E-state index in [1.54, 1.807) is 4.90 Å². The predicted octanol–water partition coefficient (Wildman–Crippen LogP) is 4.53. The average molecular weight is 506 g/mol. The Morgan fingerprint density at radius 3 is 2.27 bits per heavy atom. The Morgan fingerprint density at radius 2 is 1.59 bits per heavy atom. The van der Waals surface area contributed by atoms with Crippen molar-refractivity contribution in [2.45, 2.75) is 52.9 Å². The number of unbranched alkanes of at least 4 members (excludes halogenated alkanes) is 3. The van der Waals surface area contributed by atoms with Crippen LogP contribution < -0.4 is 10.6 Å². The molecule has 37 heavy (non-hydrogen) atoms. The van der Waals surface area contributed by atoms with Gasteiger partial charge in [-0.2, -0.15) is 5.10 Å². The molecule has 0 bridgehead atoms. The highest BCUT2D eigenvalue weighted by Crippen LogP contribution is 2.26. The summed E-state index contributed by atoms with van der Waals surface area (Å²) in [5.41, 5.74) is 3.45. The number of rotatable bonds is 14. The predicted molar refractivity (Wildman–Crippen MR) is 147 cm³/mol. The van der Waals surface area contributed by atoms with Crippen molar-refractivity contribution in [2.24, 2.45) is 5.92 Å². The summed E-state index contributed by atoms with van der Waals surface area (Å²) in [6.07, 6.45) is 4.09. The van der Waals surface area contributed by atoms with Gasteiger partial charge in [0.25, 0.3) is 5.91 Å². The highest BCUT2D eigenvalue weighted by Gasteiger charge is 2.16. The van der Waals surface area contributed by atoms with E-state index < -0.39 is 0 Å². The Hall–Kier alpha value is -3.68. The van der Waals surface area contributed by atoms with Crippen molar-refractivity contribution in [1.29, 1.82) is 0 Å². The summed E-state index contributed by atoms with van der Waals surface area (Å²) in [5, 5.41) is 14.4. The summed E-state index contributed by atoms with van der Waals surface area (Å²) in [6.45, 7) is 7.81. The second-order valence-corrected chi connectivity index (χ2v) is 9.74. The number of para-hydroxylation sites is 1. The van der Waals surface area contributed by atoms with Crippen LogP contribution in [0.3, 0.4) is 0 Å². The number of benzene rings is 2. The molecule has 3 aromatic rings. The van der Waals surface area contributed by atoms with Crippen LogP contribution in [0, 0.1) is 5.92 Å². The molecule has 1 heterocycles. The first-order valence-corrected chi connectivity index (χ1v) is 13.2. The zero-order valence-electron chi connectivity index (χ0n) is 22.2. The maximum Gasteiger partial charge on any atom is 0.251 e. The molecule has 0 saturated carbocycles. The lowest BCUT2D eigenvalue weighted by molar-refractivity contribution is -0.136. The van der Waals surface area contributed by atoms with Crippen molar-refractivity contribution in [3.05, 3.63) is 54.1 Å². The molecule has 0 aliphatic rings. The molecule has 0 fully saturated rings. The number of amides is 3. The summed E-state index contributed by atoms with van der Waals surface area (Å²) in [4.78, 5) is 38.3. The van der Waals surface area contributed by atoms with Gasteiger partial charge < -0.3 is 15.5 Å². The van der Waals surface area contributed by atoms with Crippen LogP contribution in [-0.4, -0.2) is 59.0 Å². The maximum absolute atomic E-state index is 12.5. The first kappa shape index (κ1) is 27.9. The zero-order chi connectivity index (χ0) is 26.6. The number of hydrogen-bond donors (Lipinski definition) is 3. The van der Waals surface area contributed by atoms with E-state index in [0.717, 1.165) is 47.8 Å². The van der Waals surface area contributed by atoms with Crippen LogP contribution >= 0.6 is 0 Å². The molecule has 8 nitrogen and oxygen atoms in total. The van der Waals surface area contributed by atoms with Crippen LogP contribution in [-0.2, 0) is 9.59 Å². The van der Waals surface area contributed by atoms with Crippen LogP contribution in [0.25, 0.3) is 22.2 Å². The Balaban J connectivity index is 1.30. The molecule has 198 valence electrons. The molecule has 8 heteroatoms. The van der Waals surface area contributed by atoms with Gasteiger partial charge in [-0.15, -0.1) is 0 Å². The molecule has 0 unspecified atom stereocenters. The summed E-state index contributed by atoms with van der Waals surface area (Å²) in [7, 11) is 0. The Kier molecular flexibility index (Phi) is 10.7. The van der Waals surface area contributed by atoms with Gasteiger partial charge in [-0.3, -0.25) is 19.5 Å². The first-order valence-electron chi connectivity index (χ1n) is 13.2. The van der Waals surface area contributed by atoms with Crippen LogP contribution in [0.2, 0.25) is 0 Å². The van der Waals surface area contributed by atoms with Gasteiger partial charge in [0.15, 0.2) is 0 Å². The van der Waals surface area contributed by atoms with Gasteiger partial charge in [0.05, 0.1) is 17.8 Å². The zero-order valence-corrected chi connectivity index (χ0v) is 22.2. The van der Waals surface area contributed by atoms with Gasteiger partial charge in [0.2, 0.25) is 11.8 Å². The van der Waals surface area contributed by atoms with E-state index in [1.807, 2.05) is 69.3 Å². The molecule has 3 amide bonds. The normalized spacial score (nSPS) is 11.0. The van der Waals surface area contributed by atoms with E-state index in [1.165, 1.54) is 0 Å². The van der Waals surface area contributed by atoms with Gasteiger partial charge in [0, 0.05) is 42.6 Å². The summed E-state index contributed by atoms with van der Waals surface area (Å²) in [5.74, 6) is 0.137. The second kappa shape index (κ2) is 14.2. The smallest absolute Gasteiger partial charge is 0.251 e. The molecule has 0 aliphatic heterocycles. The number of nitrogens with one attached hydrogen (secondary N) is 3. The quantitative estimate of drug-likeness (QED) is 0.280. The minimum Gasteiger partial charge on any atom is -0.355 e. The lowest BCUT2D eigenvalue weighted by Gasteiger charge is -2.23. The van der Waals surface area contributed by atoms with Crippen molar-refractivity contribution >= 4 is 28.6 Å². The van der Waals surface area contributed by atoms with Crippen molar-refractivity contribution in [3.63, 3.8) is 0 Å². The van der Waals surface area contributed by atoms with E-state index in [0.29, 0.717) is 37.5 Å². The van der Waals surface area contributed by atoms with Crippen LogP contribution in [0.1, 0.15) is 63.2 Å². The van der Waals surface area contributed by atoms with E-state index in [9.17, 15) is 14.4 Å². The number of nitrogens with zero attached hydrogens (tertiary/aromatic N) is 2. The van der Waals surface area contributed by atoms with Crippen molar-refractivity contribution in [1.82, 2.24) is 25.7 Å². The highest BCUT2D eigenvalue weighted by atomic mass is 16.2. The van der Waals surface area contributed by atoms with Crippen LogP contribution in [0.4, 0.5) is 0 Å². The maximum atomic E-state index is 12.5. The third-order valence-corrected chi connectivity index (χ3v) is 6.18. The fourth-order valence-corrected chi connectivity index (χ4v) is 4.25. The van der Waals surface area contributed by atoms with Crippen LogP contribution in [0.15, 0.2) is 48.5 Å². The van der Waals surface area contributed by atoms with Gasteiger partial charge in [0.1, 0.15) is 0 Å². The Morgan fingerprint density at radius 1 is 0.919 bits per heavy atom. The average Bonchev–Trinajstić information content (AvgIpc) is 3.33. The molecular weight excluding hydrogens is 466 g/mol. The molecule has 0 aliphatic carbocycles. The Labute approximate surface area is 219 Å². The topological polar surface area (TPSA) is 107 Å². The van der Waals surface area contributed by atoms with E-state index in [-0.39, 0.29) is 24.3 Å². The third-order valence-electron chi connectivity index (χ3n) is 6.18. The van der Waals surface area contributed by atoms with Gasteiger partial charge in [-0.1, -0.05) is 63.9 Å². The van der Waals surface area contributed by atoms with E-state index in [4.69, 9.17) is 0 Å². The molecule has 2 aromatic carbocycles. The number of H-pyrrole nitrogens is 1. The molecule has 1 aromatic heterocycles. The monoisotopic (exact) mass is 505 g/mol. The van der Waals surface area contributed by atoms with Gasteiger partial charge in [-0.05, 0) is 37.0 Å². The summed E-state index contributed by atoms with van der Waals surface area (Å²) >= 11 is 0. The Bertz CT molecular complexity index is 1170. The molecule has 0 saturated heterocycles. The lowest BCUT2D eigenvalue weighted by Crippen LogP contribution is -2.42. The molecule has 0 atom stereocenters. The van der Waals surface area contributed by atoms with Crippen LogP contribution in [0.5, 0.6) is 0 Å². The fraction of sp³-hybridized carbons (Fsp3) is 0.448. The number of hydrogen-bond acceptors (Lipinski definition) is 4. The number of carbonyl (C=O) groups is 3. The SMILES string of the molecule is CCC(=O)N(CC(=O)NCCCCCCNC(=O)c1ccc(-c2n[nH]c3ccccc23)cc1)CC(C)C. The minimum absolute atomic E-state index is 0.00753. The van der Waals surface area contributed by atoms with Crippen molar-refractivity contribution < 1.29 is 14.4 Å². The summed E-state index contributed by atoms with van der Waals surface area (Å²) < 4.78 is 0. The third kappa shape index (κ3) is 8.44. The number of carbonyl (C=O) groups excluding carboxylic acids is 3. The molecule has 3 N–H and O–H groups in total. The molecule has 3 rings (SSSR count). The van der Waals surface area contributed by atoms with E-state index in [2.05, 4.69) is 20.8 Å². The summed E-state index contributed by atoms with van der Waals surface area (Å²) in [6, 6.07) is 15.5. The number of aromatic amines is 1. The fourth-order valence-electron chi connectivity index (χ4n) is 4.25. The van der Waals surface area contributed by atoms with E-state index >= 15 is 0 Å². The minimum atomic E-state index is -0.110.